The van der Waals surface area contributed by atoms with Crippen molar-refractivity contribution in [2.24, 2.45) is 5.41 Å². The van der Waals surface area contributed by atoms with Gasteiger partial charge in [0.2, 0.25) is 0 Å². The molecule has 164 valence electrons. The molecule has 1 aliphatic heterocycles. The highest BCUT2D eigenvalue weighted by Crippen LogP contribution is 2.44. The molecular formula is C24H26ClFN2O3. The molecule has 0 aliphatic carbocycles. The van der Waals surface area contributed by atoms with Gasteiger partial charge in [0.1, 0.15) is 23.0 Å². The lowest BCUT2D eigenvalue weighted by atomic mass is 9.68. The van der Waals surface area contributed by atoms with Gasteiger partial charge in [0, 0.05) is 16.6 Å². The predicted molar refractivity (Wildman–Crippen MR) is 117 cm³/mol. The lowest BCUT2D eigenvalue weighted by Crippen LogP contribution is -2.44. The number of hydrogen-bond acceptors (Lipinski definition) is 4. The normalized spacial score (nSPS) is 23.4. The number of benzene rings is 2. The summed E-state index contributed by atoms with van der Waals surface area (Å²) in [6, 6.07) is 12.7. The molecule has 0 aromatic heterocycles. The summed E-state index contributed by atoms with van der Waals surface area (Å²) in [7, 11) is 1.61. The van der Waals surface area contributed by atoms with Gasteiger partial charge in [-0.15, -0.1) is 0 Å². The van der Waals surface area contributed by atoms with Crippen LogP contribution in [0.15, 0.2) is 42.5 Å². The van der Waals surface area contributed by atoms with Crippen molar-refractivity contribution in [3.8, 4) is 11.8 Å². The van der Waals surface area contributed by atoms with E-state index in [-0.39, 0.29) is 22.4 Å². The van der Waals surface area contributed by atoms with E-state index in [0.717, 1.165) is 11.3 Å². The van der Waals surface area contributed by atoms with E-state index in [2.05, 4.69) is 25.2 Å². The standard InChI is InChI=1S/C24H26ClFN2O3/c1-23(2,11-15-4-7-17(31-3)8-5-15)13-21-24(14-27,12-20(28-21)22(29)30)18-9-6-16(25)10-19(18)26/h4-10,20-21,28H,11-13H2,1-3H3,(H,29,30). The van der Waals surface area contributed by atoms with Gasteiger partial charge in [0.05, 0.1) is 13.2 Å². The SMILES string of the molecule is COc1ccc(CC(C)(C)CC2NC(C(=O)O)CC2(C#N)c2ccc(Cl)cc2F)cc1. The molecular weight excluding hydrogens is 419 g/mol. The van der Waals surface area contributed by atoms with Crippen LogP contribution in [0.2, 0.25) is 5.02 Å². The number of nitrogens with zero attached hydrogens (tertiary/aromatic N) is 1. The second-order valence-corrected chi connectivity index (χ2v) is 9.35. The lowest BCUT2D eigenvalue weighted by molar-refractivity contribution is -0.139. The van der Waals surface area contributed by atoms with Crippen LogP contribution in [-0.2, 0) is 16.6 Å². The molecule has 2 aromatic rings. The molecule has 0 saturated carbocycles. The molecule has 5 nitrogen and oxygen atoms in total. The molecule has 0 amide bonds. The first-order chi connectivity index (χ1) is 14.6. The second kappa shape index (κ2) is 8.86. The number of rotatable bonds is 7. The molecule has 0 radical (unpaired) electrons. The Labute approximate surface area is 186 Å². The Balaban J connectivity index is 1.93. The summed E-state index contributed by atoms with van der Waals surface area (Å²) >= 11 is 5.90. The minimum atomic E-state index is -1.31. The molecule has 1 aliphatic rings. The van der Waals surface area contributed by atoms with Gasteiger partial charge in [-0.3, -0.25) is 10.1 Å². The Morgan fingerprint density at radius 2 is 2.03 bits per heavy atom. The Morgan fingerprint density at radius 3 is 2.58 bits per heavy atom. The Hall–Kier alpha value is -2.62. The zero-order chi connectivity index (χ0) is 22.8. The smallest absolute Gasteiger partial charge is 0.320 e. The van der Waals surface area contributed by atoms with Gasteiger partial charge in [0.25, 0.3) is 0 Å². The third-order valence-electron chi connectivity index (χ3n) is 6.03. The van der Waals surface area contributed by atoms with Crippen LogP contribution >= 0.6 is 11.6 Å². The number of methoxy groups -OCH3 is 1. The van der Waals surface area contributed by atoms with Crippen molar-refractivity contribution in [3.05, 3.63) is 64.4 Å². The highest BCUT2D eigenvalue weighted by molar-refractivity contribution is 6.30. The van der Waals surface area contributed by atoms with Crippen LogP contribution in [0.5, 0.6) is 5.75 Å². The number of nitriles is 1. The Bertz CT molecular complexity index is 1000. The monoisotopic (exact) mass is 444 g/mol. The van der Waals surface area contributed by atoms with Crippen molar-refractivity contribution in [1.29, 1.82) is 5.26 Å². The van der Waals surface area contributed by atoms with Gasteiger partial charge in [-0.2, -0.15) is 5.26 Å². The van der Waals surface area contributed by atoms with Crippen LogP contribution in [-0.4, -0.2) is 30.3 Å². The van der Waals surface area contributed by atoms with Gasteiger partial charge in [-0.05, 0) is 54.5 Å². The average Bonchev–Trinajstić information content (AvgIpc) is 3.07. The summed E-state index contributed by atoms with van der Waals surface area (Å²) in [4.78, 5) is 11.7. The van der Waals surface area contributed by atoms with Crippen LogP contribution < -0.4 is 10.1 Å². The van der Waals surface area contributed by atoms with Crippen molar-refractivity contribution in [1.82, 2.24) is 5.32 Å². The molecule has 3 unspecified atom stereocenters. The topological polar surface area (TPSA) is 82.3 Å². The number of carboxylic acid groups (broad SMARTS) is 1. The molecule has 1 saturated heterocycles. The van der Waals surface area contributed by atoms with Crippen LogP contribution in [0, 0.1) is 22.6 Å². The number of ether oxygens (including phenoxy) is 1. The largest absolute Gasteiger partial charge is 0.497 e. The fourth-order valence-electron chi connectivity index (χ4n) is 4.55. The summed E-state index contributed by atoms with van der Waals surface area (Å²) in [5.41, 5.74) is -0.320. The van der Waals surface area contributed by atoms with E-state index in [4.69, 9.17) is 16.3 Å². The maximum atomic E-state index is 14.9. The van der Waals surface area contributed by atoms with E-state index in [1.165, 1.54) is 18.2 Å². The van der Waals surface area contributed by atoms with Crippen LogP contribution in [0.1, 0.15) is 37.8 Å². The summed E-state index contributed by atoms with van der Waals surface area (Å²) < 4.78 is 20.1. The highest BCUT2D eigenvalue weighted by atomic mass is 35.5. The number of halogens is 2. The average molecular weight is 445 g/mol. The van der Waals surface area contributed by atoms with Gasteiger partial charge in [-0.1, -0.05) is 43.6 Å². The number of nitrogens with one attached hydrogen (secondary N) is 1. The molecule has 3 atom stereocenters. The van der Waals surface area contributed by atoms with Crippen molar-refractivity contribution in [2.45, 2.75) is 50.6 Å². The Morgan fingerprint density at radius 1 is 1.35 bits per heavy atom. The van der Waals surface area contributed by atoms with Gasteiger partial charge in [-0.25, -0.2) is 4.39 Å². The zero-order valence-electron chi connectivity index (χ0n) is 17.8. The number of aliphatic carboxylic acids is 1. The minimum absolute atomic E-state index is 0.0132. The van der Waals surface area contributed by atoms with E-state index in [0.29, 0.717) is 12.8 Å². The molecule has 0 spiro atoms. The summed E-state index contributed by atoms with van der Waals surface area (Å²) in [5.74, 6) is -0.880. The number of carboxylic acids is 1. The van der Waals surface area contributed by atoms with Crippen molar-refractivity contribution >= 4 is 17.6 Å². The maximum absolute atomic E-state index is 14.9. The maximum Gasteiger partial charge on any atom is 0.320 e. The molecule has 31 heavy (non-hydrogen) atoms. The van der Waals surface area contributed by atoms with Gasteiger partial charge < -0.3 is 9.84 Å². The van der Waals surface area contributed by atoms with E-state index in [1.807, 2.05) is 24.3 Å². The van der Waals surface area contributed by atoms with E-state index in [9.17, 15) is 19.6 Å². The van der Waals surface area contributed by atoms with Crippen LogP contribution in [0.25, 0.3) is 0 Å². The molecule has 1 heterocycles. The van der Waals surface area contributed by atoms with Crippen LogP contribution in [0.4, 0.5) is 4.39 Å². The third kappa shape index (κ3) is 4.84. The molecule has 3 rings (SSSR count). The van der Waals surface area contributed by atoms with Crippen molar-refractivity contribution in [2.75, 3.05) is 7.11 Å². The summed E-state index contributed by atoms with van der Waals surface area (Å²) in [5, 5.41) is 23.1. The molecule has 7 heteroatoms. The minimum Gasteiger partial charge on any atom is -0.497 e. The van der Waals surface area contributed by atoms with Crippen LogP contribution in [0.3, 0.4) is 0 Å². The quantitative estimate of drug-likeness (QED) is 0.645. The highest BCUT2D eigenvalue weighted by Gasteiger charge is 2.53. The summed E-state index contributed by atoms with van der Waals surface area (Å²) in [6.45, 7) is 4.13. The Kier molecular flexibility index (Phi) is 6.59. The summed E-state index contributed by atoms with van der Waals surface area (Å²) in [6.07, 6.45) is 1.18. The first kappa shape index (κ1) is 23.1. The molecule has 2 N–H and O–H groups in total. The molecule has 1 fully saturated rings. The second-order valence-electron chi connectivity index (χ2n) is 8.91. The number of carbonyl (C=O) groups is 1. The number of hydrogen-bond donors (Lipinski definition) is 2. The third-order valence-corrected chi connectivity index (χ3v) is 6.27. The van der Waals surface area contributed by atoms with Crippen molar-refractivity contribution < 1.29 is 19.0 Å². The van der Waals surface area contributed by atoms with E-state index < -0.39 is 29.3 Å². The fourth-order valence-corrected chi connectivity index (χ4v) is 4.71. The molecule has 2 aromatic carbocycles. The van der Waals surface area contributed by atoms with Gasteiger partial charge >= 0.3 is 5.97 Å². The molecule has 0 bridgehead atoms. The van der Waals surface area contributed by atoms with Gasteiger partial charge in [0.15, 0.2) is 0 Å². The first-order valence-electron chi connectivity index (χ1n) is 10.1. The first-order valence-corrected chi connectivity index (χ1v) is 10.5. The zero-order valence-corrected chi connectivity index (χ0v) is 18.5. The lowest BCUT2D eigenvalue weighted by Gasteiger charge is -2.35. The van der Waals surface area contributed by atoms with E-state index >= 15 is 0 Å². The predicted octanol–water partition coefficient (Wildman–Crippen LogP) is 4.72. The van der Waals surface area contributed by atoms with Crippen molar-refractivity contribution in [3.63, 3.8) is 0 Å². The fraction of sp³-hybridized carbons (Fsp3) is 0.417. The van der Waals surface area contributed by atoms with E-state index in [1.54, 1.807) is 7.11 Å².